The van der Waals surface area contributed by atoms with Gasteiger partial charge in [0, 0.05) is 0 Å². The average molecular weight is 276 g/mol. The lowest BCUT2D eigenvalue weighted by molar-refractivity contribution is -0.156. The molecule has 108 valence electrons. The van der Waals surface area contributed by atoms with E-state index in [4.69, 9.17) is 9.47 Å². The second-order valence-corrected chi connectivity index (χ2v) is 5.51. The van der Waals surface area contributed by atoms with Crippen LogP contribution < -0.4 is 0 Å². The minimum atomic E-state index is -0.729. The molecule has 2 unspecified atom stereocenters. The van der Waals surface area contributed by atoms with E-state index in [-0.39, 0.29) is 11.9 Å². The van der Waals surface area contributed by atoms with Crippen LogP contribution in [0.5, 0.6) is 0 Å². The molecule has 0 spiro atoms. The topological polar surface area (TPSA) is 52.6 Å². The molecule has 0 amide bonds. The van der Waals surface area contributed by atoms with Gasteiger partial charge in [-0.25, -0.2) is 4.79 Å². The number of ether oxygens (including phenoxy) is 2. The van der Waals surface area contributed by atoms with Gasteiger partial charge in [0.2, 0.25) is 0 Å². The Balaban J connectivity index is 2.15. The van der Waals surface area contributed by atoms with Gasteiger partial charge in [-0.1, -0.05) is 18.2 Å². The lowest BCUT2D eigenvalue weighted by Gasteiger charge is -2.28. The summed E-state index contributed by atoms with van der Waals surface area (Å²) in [5.41, 5.74) is 0.689. The molecule has 0 N–H and O–H groups in total. The highest BCUT2D eigenvalue weighted by molar-refractivity contribution is 5.91. The summed E-state index contributed by atoms with van der Waals surface area (Å²) in [6.07, 6.45) is 1.83. The number of carbonyl (C=O) groups is 2. The molecule has 1 saturated carbocycles. The second kappa shape index (κ2) is 5.65. The quantitative estimate of drug-likeness (QED) is 0.797. The van der Waals surface area contributed by atoms with Crippen LogP contribution in [0.3, 0.4) is 0 Å². The molecule has 0 radical (unpaired) electrons. The monoisotopic (exact) mass is 276 g/mol. The summed E-state index contributed by atoms with van der Waals surface area (Å²) in [5, 5.41) is 0. The average Bonchev–Trinajstić information content (AvgIpc) is 2.81. The summed E-state index contributed by atoms with van der Waals surface area (Å²) in [4.78, 5) is 24.2. The number of carbonyl (C=O) groups excluding carboxylic acids is 2. The molecular formula is C16H20O4. The van der Waals surface area contributed by atoms with E-state index >= 15 is 0 Å². The highest BCUT2D eigenvalue weighted by atomic mass is 16.6. The standard InChI is InChI=1S/C16H20O4/c1-11-7-4-5-8-12(11)14(17)20-13-9-6-10-16(13,2)15(18)19-3/h4-5,7-8,13H,6,9-10H2,1-3H3. The SMILES string of the molecule is COC(=O)C1(C)CCCC1OC(=O)c1ccccc1C. The van der Waals surface area contributed by atoms with E-state index in [1.165, 1.54) is 7.11 Å². The van der Waals surface area contributed by atoms with Gasteiger partial charge >= 0.3 is 11.9 Å². The minimum absolute atomic E-state index is 0.308. The fraction of sp³-hybridized carbons (Fsp3) is 0.500. The fourth-order valence-corrected chi connectivity index (χ4v) is 2.78. The van der Waals surface area contributed by atoms with Gasteiger partial charge in [0.15, 0.2) is 0 Å². The fourth-order valence-electron chi connectivity index (χ4n) is 2.78. The normalized spacial score (nSPS) is 25.2. The third-order valence-electron chi connectivity index (χ3n) is 4.14. The molecule has 0 aliphatic heterocycles. The number of aryl methyl sites for hydroxylation is 1. The van der Waals surface area contributed by atoms with Crippen LogP contribution >= 0.6 is 0 Å². The van der Waals surface area contributed by atoms with Gasteiger partial charge in [0.1, 0.15) is 11.5 Å². The predicted molar refractivity (Wildman–Crippen MR) is 74.4 cm³/mol. The van der Waals surface area contributed by atoms with Crippen molar-refractivity contribution in [2.45, 2.75) is 39.2 Å². The summed E-state index contributed by atoms with van der Waals surface area (Å²) in [6, 6.07) is 7.28. The first-order valence-corrected chi connectivity index (χ1v) is 6.84. The van der Waals surface area contributed by atoms with Gasteiger partial charge in [0.05, 0.1) is 12.7 Å². The van der Waals surface area contributed by atoms with Crippen molar-refractivity contribution in [3.05, 3.63) is 35.4 Å². The van der Waals surface area contributed by atoms with Crippen molar-refractivity contribution in [3.63, 3.8) is 0 Å². The Kier molecular flexibility index (Phi) is 4.12. The molecule has 20 heavy (non-hydrogen) atoms. The Morgan fingerprint density at radius 3 is 2.65 bits per heavy atom. The van der Waals surface area contributed by atoms with Crippen LogP contribution in [0, 0.1) is 12.3 Å². The van der Waals surface area contributed by atoms with Gasteiger partial charge < -0.3 is 9.47 Å². The van der Waals surface area contributed by atoms with Crippen LogP contribution in [0.15, 0.2) is 24.3 Å². The molecular weight excluding hydrogens is 256 g/mol. The van der Waals surface area contributed by atoms with Crippen LogP contribution in [-0.2, 0) is 14.3 Å². The van der Waals surface area contributed by atoms with Gasteiger partial charge in [-0.05, 0) is 44.7 Å². The lowest BCUT2D eigenvalue weighted by atomic mass is 9.86. The summed E-state index contributed by atoms with van der Waals surface area (Å²) in [7, 11) is 1.37. The zero-order valence-corrected chi connectivity index (χ0v) is 12.1. The van der Waals surface area contributed by atoms with E-state index in [0.717, 1.165) is 12.0 Å². The Morgan fingerprint density at radius 1 is 1.30 bits per heavy atom. The maximum Gasteiger partial charge on any atom is 0.338 e. The zero-order valence-electron chi connectivity index (χ0n) is 12.1. The maximum atomic E-state index is 12.2. The molecule has 1 aliphatic carbocycles. The van der Waals surface area contributed by atoms with E-state index < -0.39 is 11.5 Å². The van der Waals surface area contributed by atoms with E-state index in [1.807, 2.05) is 26.0 Å². The Bertz CT molecular complexity index is 523. The first-order valence-electron chi connectivity index (χ1n) is 6.84. The van der Waals surface area contributed by atoms with Crippen LogP contribution in [0.2, 0.25) is 0 Å². The van der Waals surface area contributed by atoms with Crippen molar-refractivity contribution >= 4 is 11.9 Å². The molecule has 1 aromatic rings. The smallest absolute Gasteiger partial charge is 0.338 e. The van der Waals surface area contributed by atoms with Gasteiger partial charge in [-0.2, -0.15) is 0 Å². The van der Waals surface area contributed by atoms with Crippen LogP contribution in [-0.4, -0.2) is 25.2 Å². The first kappa shape index (κ1) is 14.6. The van der Waals surface area contributed by atoms with E-state index in [0.29, 0.717) is 18.4 Å². The first-order chi connectivity index (χ1) is 9.49. The zero-order chi connectivity index (χ0) is 14.8. The van der Waals surface area contributed by atoms with Gasteiger partial charge in [-0.3, -0.25) is 4.79 Å². The number of hydrogen-bond donors (Lipinski definition) is 0. The molecule has 2 atom stereocenters. The van der Waals surface area contributed by atoms with Crippen molar-refractivity contribution in [1.82, 2.24) is 0 Å². The van der Waals surface area contributed by atoms with E-state index in [2.05, 4.69) is 0 Å². The van der Waals surface area contributed by atoms with Crippen LogP contribution in [0.1, 0.15) is 42.1 Å². The summed E-state index contributed by atoms with van der Waals surface area (Å²) >= 11 is 0. The van der Waals surface area contributed by atoms with Crippen molar-refractivity contribution in [3.8, 4) is 0 Å². The molecule has 1 fully saturated rings. The van der Waals surface area contributed by atoms with Crippen molar-refractivity contribution < 1.29 is 19.1 Å². The van der Waals surface area contributed by atoms with Gasteiger partial charge in [-0.15, -0.1) is 0 Å². The second-order valence-electron chi connectivity index (χ2n) is 5.51. The molecule has 0 heterocycles. The molecule has 2 rings (SSSR count). The van der Waals surface area contributed by atoms with Gasteiger partial charge in [0.25, 0.3) is 0 Å². The van der Waals surface area contributed by atoms with E-state index in [9.17, 15) is 9.59 Å². The highest BCUT2D eigenvalue weighted by Gasteiger charge is 2.48. The molecule has 1 aromatic carbocycles. The van der Waals surface area contributed by atoms with Crippen molar-refractivity contribution in [2.75, 3.05) is 7.11 Å². The number of esters is 2. The van der Waals surface area contributed by atoms with Crippen LogP contribution in [0.25, 0.3) is 0 Å². The summed E-state index contributed by atoms with van der Waals surface area (Å²) < 4.78 is 10.4. The molecule has 0 aromatic heterocycles. The summed E-state index contributed by atoms with van der Waals surface area (Å²) in [6.45, 7) is 3.67. The number of rotatable bonds is 3. The Hall–Kier alpha value is -1.84. The highest BCUT2D eigenvalue weighted by Crippen LogP contribution is 2.41. The Morgan fingerprint density at radius 2 is 2.00 bits per heavy atom. The lowest BCUT2D eigenvalue weighted by Crippen LogP contribution is -2.39. The molecule has 0 bridgehead atoms. The number of benzene rings is 1. The van der Waals surface area contributed by atoms with Crippen molar-refractivity contribution in [2.24, 2.45) is 5.41 Å². The summed E-state index contributed by atoms with van der Waals surface area (Å²) in [5.74, 6) is -0.678. The molecule has 0 saturated heterocycles. The third-order valence-corrected chi connectivity index (χ3v) is 4.14. The third kappa shape index (κ3) is 2.55. The number of hydrogen-bond acceptors (Lipinski definition) is 4. The molecule has 1 aliphatic rings. The largest absolute Gasteiger partial charge is 0.468 e. The maximum absolute atomic E-state index is 12.2. The van der Waals surface area contributed by atoms with E-state index in [1.54, 1.807) is 12.1 Å². The number of methoxy groups -OCH3 is 1. The molecule has 4 heteroatoms. The Labute approximate surface area is 119 Å². The van der Waals surface area contributed by atoms with Crippen LogP contribution in [0.4, 0.5) is 0 Å². The molecule has 4 nitrogen and oxygen atoms in total. The predicted octanol–water partition coefficient (Wildman–Crippen LogP) is 2.88. The minimum Gasteiger partial charge on any atom is -0.468 e. The van der Waals surface area contributed by atoms with Crippen molar-refractivity contribution in [1.29, 1.82) is 0 Å².